The van der Waals surface area contributed by atoms with Crippen molar-refractivity contribution < 1.29 is 27.8 Å². The number of amidine groups is 1. The first-order chi connectivity index (χ1) is 13.4. The highest BCUT2D eigenvalue weighted by Crippen LogP contribution is 2.31. The molecule has 0 saturated heterocycles. The number of aliphatic imine (C=N–C) groups is 1. The lowest BCUT2D eigenvalue weighted by atomic mass is 10.1. The van der Waals surface area contributed by atoms with Gasteiger partial charge in [0.25, 0.3) is 5.95 Å². The number of aromatic nitrogens is 2. The highest BCUT2D eigenvalue weighted by molar-refractivity contribution is 5.96. The molecule has 1 heterocycles. The number of carbonyl (C=O) groups is 1. The van der Waals surface area contributed by atoms with Crippen LogP contribution in [0.4, 0.5) is 14.7 Å². The maximum absolute atomic E-state index is 14.3. The molecule has 28 heavy (non-hydrogen) atoms. The summed E-state index contributed by atoms with van der Waals surface area (Å²) in [6.07, 6.45) is 4.02. The Labute approximate surface area is 158 Å². The third kappa shape index (κ3) is 4.90. The Kier molecular flexibility index (Phi) is 6.79. The number of aldehydes is 1. The Morgan fingerprint density at radius 3 is 2.21 bits per heavy atom. The van der Waals surface area contributed by atoms with Crippen LogP contribution in [0, 0.1) is 11.6 Å². The number of hydrogen-bond acceptors (Lipinski definition) is 8. The SMILES string of the molecule is COc1cc(OC)c(F)c(COc2cnc(N=C(N)C=C(N)C=O)nc2)c1F. The molecule has 2 rings (SSSR count). The lowest BCUT2D eigenvalue weighted by Crippen LogP contribution is -2.12. The third-order valence-corrected chi connectivity index (χ3v) is 3.34. The molecule has 0 aliphatic heterocycles. The van der Waals surface area contributed by atoms with Crippen LogP contribution in [-0.4, -0.2) is 36.3 Å². The van der Waals surface area contributed by atoms with E-state index in [1.54, 1.807) is 0 Å². The van der Waals surface area contributed by atoms with Crippen LogP contribution in [0.15, 0.2) is 35.2 Å². The van der Waals surface area contributed by atoms with Gasteiger partial charge in [0.15, 0.2) is 35.2 Å². The number of allylic oxidation sites excluding steroid dienone is 1. The quantitative estimate of drug-likeness (QED) is 0.297. The van der Waals surface area contributed by atoms with Crippen molar-refractivity contribution in [2.45, 2.75) is 6.61 Å². The van der Waals surface area contributed by atoms with E-state index in [1.165, 1.54) is 26.6 Å². The van der Waals surface area contributed by atoms with Crippen molar-refractivity contribution in [1.82, 2.24) is 9.97 Å². The summed E-state index contributed by atoms with van der Waals surface area (Å²) in [5.74, 6) is -2.16. The third-order valence-electron chi connectivity index (χ3n) is 3.34. The van der Waals surface area contributed by atoms with Crippen molar-refractivity contribution in [3.05, 3.63) is 47.4 Å². The van der Waals surface area contributed by atoms with Gasteiger partial charge in [-0.05, 0) is 0 Å². The van der Waals surface area contributed by atoms with E-state index in [9.17, 15) is 13.6 Å². The van der Waals surface area contributed by atoms with E-state index >= 15 is 0 Å². The van der Waals surface area contributed by atoms with Crippen LogP contribution in [0.25, 0.3) is 0 Å². The van der Waals surface area contributed by atoms with E-state index in [0.717, 1.165) is 12.1 Å². The molecule has 0 aliphatic carbocycles. The predicted octanol–water partition coefficient (Wildman–Crippen LogP) is 1.38. The molecule has 0 unspecified atom stereocenters. The summed E-state index contributed by atoms with van der Waals surface area (Å²) in [5, 5.41) is 0. The highest BCUT2D eigenvalue weighted by Gasteiger charge is 2.20. The second kappa shape index (κ2) is 9.26. The van der Waals surface area contributed by atoms with Crippen molar-refractivity contribution in [2.24, 2.45) is 16.5 Å². The van der Waals surface area contributed by atoms with Crippen LogP contribution in [-0.2, 0) is 11.4 Å². The molecule has 2 aromatic rings. The summed E-state index contributed by atoms with van der Waals surface area (Å²) < 4.78 is 43.6. The van der Waals surface area contributed by atoms with Gasteiger partial charge in [-0.2, -0.15) is 4.99 Å². The molecule has 11 heteroatoms. The molecular formula is C17H17F2N5O4. The van der Waals surface area contributed by atoms with Crippen molar-refractivity contribution in [1.29, 1.82) is 0 Å². The predicted molar refractivity (Wildman–Crippen MR) is 95.4 cm³/mol. The molecule has 0 radical (unpaired) electrons. The van der Waals surface area contributed by atoms with Crippen LogP contribution < -0.4 is 25.7 Å². The van der Waals surface area contributed by atoms with Crippen molar-refractivity contribution >= 4 is 18.1 Å². The average Bonchev–Trinajstić information content (AvgIpc) is 2.69. The zero-order valence-corrected chi connectivity index (χ0v) is 15.0. The molecule has 0 amide bonds. The smallest absolute Gasteiger partial charge is 0.251 e. The highest BCUT2D eigenvalue weighted by atomic mass is 19.1. The summed E-state index contributed by atoms with van der Waals surface area (Å²) in [4.78, 5) is 22.0. The normalized spacial score (nSPS) is 11.9. The van der Waals surface area contributed by atoms with E-state index in [4.69, 9.17) is 25.7 Å². The van der Waals surface area contributed by atoms with E-state index in [1.807, 2.05) is 0 Å². The Hall–Kier alpha value is -3.76. The van der Waals surface area contributed by atoms with E-state index in [2.05, 4.69) is 15.0 Å². The molecule has 0 atom stereocenters. The first kappa shape index (κ1) is 20.6. The molecule has 1 aromatic carbocycles. The number of rotatable bonds is 8. The summed E-state index contributed by atoms with van der Waals surface area (Å²) in [6.45, 7) is -0.460. The maximum atomic E-state index is 14.3. The average molecular weight is 393 g/mol. The van der Waals surface area contributed by atoms with Crippen LogP contribution in [0.3, 0.4) is 0 Å². The Morgan fingerprint density at radius 1 is 1.14 bits per heavy atom. The number of benzene rings is 1. The van der Waals surface area contributed by atoms with Gasteiger partial charge in [-0.15, -0.1) is 0 Å². The van der Waals surface area contributed by atoms with Crippen molar-refractivity contribution in [2.75, 3.05) is 14.2 Å². The second-order valence-corrected chi connectivity index (χ2v) is 5.19. The molecule has 1 aromatic heterocycles. The molecule has 0 aliphatic rings. The summed E-state index contributed by atoms with van der Waals surface area (Å²) >= 11 is 0. The van der Waals surface area contributed by atoms with Crippen molar-refractivity contribution in [3.63, 3.8) is 0 Å². The first-order valence-corrected chi connectivity index (χ1v) is 7.69. The lowest BCUT2D eigenvalue weighted by Gasteiger charge is -2.13. The topological polar surface area (TPSA) is 135 Å². The van der Waals surface area contributed by atoms with Crippen LogP contribution in [0.1, 0.15) is 5.56 Å². The number of methoxy groups -OCH3 is 2. The van der Waals surface area contributed by atoms with Gasteiger partial charge >= 0.3 is 0 Å². The van der Waals surface area contributed by atoms with Crippen LogP contribution >= 0.6 is 0 Å². The first-order valence-electron chi connectivity index (χ1n) is 7.69. The van der Waals surface area contributed by atoms with Crippen molar-refractivity contribution in [3.8, 4) is 17.2 Å². The lowest BCUT2D eigenvalue weighted by molar-refractivity contribution is -0.104. The monoisotopic (exact) mass is 393 g/mol. The largest absolute Gasteiger partial charge is 0.494 e. The number of nitrogens with two attached hydrogens (primary N) is 2. The van der Waals surface area contributed by atoms with Gasteiger partial charge in [0.1, 0.15) is 12.4 Å². The van der Waals surface area contributed by atoms with Crippen LogP contribution in [0.5, 0.6) is 17.2 Å². The van der Waals surface area contributed by atoms with E-state index in [-0.39, 0.29) is 40.3 Å². The van der Waals surface area contributed by atoms with Gasteiger partial charge in [-0.1, -0.05) is 0 Å². The zero-order chi connectivity index (χ0) is 20.7. The Morgan fingerprint density at radius 2 is 1.71 bits per heavy atom. The fourth-order valence-electron chi connectivity index (χ4n) is 2.01. The number of ether oxygens (including phenoxy) is 3. The fraction of sp³-hybridized carbons (Fsp3) is 0.176. The Bertz CT molecular complexity index is 889. The van der Waals surface area contributed by atoms with Crippen LogP contribution in [0.2, 0.25) is 0 Å². The summed E-state index contributed by atoms with van der Waals surface area (Å²) in [7, 11) is 2.49. The molecule has 0 spiro atoms. The van der Waals surface area contributed by atoms with Gasteiger partial charge in [0.05, 0.1) is 37.9 Å². The molecule has 148 valence electrons. The van der Waals surface area contributed by atoms with Gasteiger partial charge in [0.2, 0.25) is 0 Å². The number of halogens is 2. The second-order valence-electron chi connectivity index (χ2n) is 5.19. The number of carbonyl (C=O) groups excluding carboxylic acids is 1. The van der Waals surface area contributed by atoms with Gasteiger partial charge in [-0.25, -0.2) is 18.7 Å². The molecule has 0 saturated carbocycles. The minimum absolute atomic E-state index is 0.0276. The molecule has 0 fully saturated rings. The maximum Gasteiger partial charge on any atom is 0.251 e. The number of hydrogen-bond donors (Lipinski definition) is 2. The van der Waals surface area contributed by atoms with E-state index in [0.29, 0.717) is 6.29 Å². The minimum Gasteiger partial charge on any atom is -0.494 e. The minimum atomic E-state index is -0.907. The zero-order valence-electron chi connectivity index (χ0n) is 15.0. The Balaban J connectivity index is 2.16. The summed E-state index contributed by atoms with van der Waals surface area (Å²) in [6, 6.07) is 1.10. The fourth-order valence-corrected chi connectivity index (χ4v) is 2.01. The molecular weight excluding hydrogens is 376 g/mol. The summed E-state index contributed by atoms with van der Waals surface area (Å²) in [5.41, 5.74) is 10.4. The van der Waals surface area contributed by atoms with E-state index < -0.39 is 18.2 Å². The molecule has 4 N–H and O–H groups in total. The number of nitrogens with zero attached hydrogens (tertiary/aromatic N) is 3. The van der Waals surface area contributed by atoms with Gasteiger partial charge in [-0.3, -0.25) is 4.79 Å². The molecule has 9 nitrogen and oxygen atoms in total. The van der Waals surface area contributed by atoms with Gasteiger partial charge < -0.3 is 25.7 Å². The molecule has 0 bridgehead atoms. The van der Waals surface area contributed by atoms with Gasteiger partial charge in [0, 0.05) is 12.1 Å². The standard InChI is InChI=1S/C17H17F2N5O4/c1-26-12-4-13(27-2)16(19)11(15(12)18)8-28-10-5-22-17(23-6-10)24-14(21)3-9(20)7-25/h3-7H,8,20H2,1-2H3,(H2,21,22,23,24).